The summed E-state index contributed by atoms with van der Waals surface area (Å²) in [5.41, 5.74) is 0.960. The summed E-state index contributed by atoms with van der Waals surface area (Å²) in [6.07, 6.45) is 0. The predicted molar refractivity (Wildman–Crippen MR) is 59.3 cm³/mol. The fourth-order valence-electron chi connectivity index (χ4n) is 1.19. The minimum atomic E-state index is -0.266. The topological polar surface area (TPSA) is 78.4 Å². The van der Waals surface area contributed by atoms with Gasteiger partial charge in [0.15, 0.2) is 0 Å². The van der Waals surface area contributed by atoms with Crippen LogP contribution in [0.5, 0.6) is 0 Å². The Balaban J connectivity index is 2.71. The molecule has 1 rings (SSSR count). The molecule has 16 heavy (non-hydrogen) atoms. The summed E-state index contributed by atoms with van der Waals surface area (Å²) < 4.78 is 0. The second-order valence-electron chi connectivity index (χ2n) is 3.14. The first-order valence-electron chi connectivity index (χ1n) is 4.90. The van der Waals surface area contributed by atoms with Gasteiger partial charge in [0.1, 0.15) is 0 Å². The van der Waals surface area contributed by atoms with Gasteiger partial charge in [0.05, 0.1) is 6.61 Å². The molecule has 0 saturated carbocycles. The number of carbonyl (C=O) groups excluding carboxylic acids is 2. The lowest BCUT2D eigenvalue weighted by Crippen LogP contribution is -2.26. The number of aliphatic hydroxyl groups is 1. The van der Waals surface area contributed by atoms with Gasteiger partial charge in [-0.25, -0.2) is 0 Å². The molecular formula is C11H14N2O3. The SMILES string of the molecule is CNC(=O)c1ccc(C(=O)NCCO)cc1. The van der Waals surface area contributed by atoms with Gasteiger partial charge in [-0.05, 0) is 24.3 Å². The third-order valence-electron chi connectivity index (χ3n) is 2.03. The summed E-state index contributed by atoms with van der Waals surface area (Å²) in [4.78, 5) is 22.7. The van der Waals surface area contributed by atoms with Gasteiger partial charge in [-0.1, -0.05) is 0 Å². The maximum Gasteiger partial charge on any atom is 0.251 e. The number of carbonyl (C=O) groups is 2. The van der Waals surface area contributed by atoms with Crippen LogP contribution in [0.25, 0.3) is 0 Å². The lowest BCUT2D eigenvalue weighted by atomic mass is 10.1. The average molecular weight is 222 g/mol. The standard InChI is InChI=1S/C11H14N2O3/c1-12-10(15)8-2-4-9(5-3-8)11(16)13-6-7-14/h2-5,14H,6-7H2,1H3,(H,12,15)(H,13,16). The van der Waals surface area contributed by atoms with Crippen LogP contribution < -0.4 is 10.6 Å². The zero-order valence-electron chi connectivity index (χ0n) is 8.99. The molecule has 0 spiro atoms. The van der Waals surface area contributed by atoms with Gasteiger partial charge in [-0.2, -0.15) is 0 Å². The first-order chi connectivity index (χ1) is 7.69. The molecule has 1 aromatic rings. The van der Waals surface area contributed by atoms with Crippen LogP contribution in [0.15, 0.2) is 24.3 Å². The summed E-state index contributed by atoms with van der Waals surface area (Å²) in [6, 6.07) is 6.29. The van der Waals surface area contributed by atoms with E-state index in [2.05, 4.69) is 10.6 Å². The molecule has 0 saturated heterocycles. The quantitative estimate of drug-likeness (QED) is 0.658. The van der Waals surface area contributed by atoms with Gasteiger partial charge < -0.3 is 15.7 Å². The molecule has 5 nitrogen and oxygen atoms in total. The Bertz CT molecular complexity index is 373. The first kappa shape index (κ1) is 12.2. The molecule has 86 valence electrons. The third-order valence-corrected chi connectivity index (χ3v) is 2.03. The maximum absolute atomic E-state index is 11.4. The Kier molecular flexibility index (Phi) is 4.47. The summed E-state index contributed by atoms with van der Waals surface area (Å²) in [5.74, 6) is -0.458. The fourth-order valence-corrected chi connectivity index (χ4v) is 1.19. The Labute approximate surface area is 93.5 Å². The molecule has 2 amide bonds. The molecule has 1 aromatic carbocycles. The summed E-state index contributed by atoms with van der Waals surface area (Å²) in [5, 5.41) is 13.6. The van der Waals surface area contributed by atoms with Crippen LogP contribution in [-0.2, 0) is 0 Å². The van der Waals surface area contributed by atoms with Crippen LogP contribution in [0, 0.1) is 0 Å². The van der Waals surface area contributed by atoms with Gasteiger partial charge >= 0.3 is 0 Å². The second kappa shape index (κ2) is 5.87. The van der Waals surface area contributed by atoms with Gasteiger partial charge in [0.25, 0.3) is 11.8 Å². The highest BCUT2D eigenvalue weighted by molar-refractivity contribution is 5.97. The van der Waals surface area contributed by atoms with Crippen LogP contribution in [0.4, 0.5) is 0 Å². The maximum atomic E-state index is 11.4. The Morgan fingerprint density at radius 2 is 1.62 bits per heavy atom. The zero-order chi connectivity index (χ0) is 12.0. The lowest BCUT2D eigenvalue weighted by molar-refractivity contribution is 0.0939. The Morgan fingerprint density at radius 3 is 2.06 bits per heavy atom. The number of hydrogen-bond donors (Lipinski definition) is 3. The van der Waals surface area contributed by atoms with E-state index in [9.17, 15) is 9.59 Å². The van der Waals surface area contributed by atoms with Gasteiger partial charge in [0.2, 0.25) is 0 Å². The summed E-state index contributed by atoms with van der Waals surface area (Å²) in [6.45, 7) is 0.123. The third kappa shape index (κ3) is 3.06. The number of rotatable bonds is 4. The molecule has 0 aliphatic carbocycles. The van der Waals surface area contributed by atoms with Crippen molar-refractivity contribution in [3.63, 3.8) is 0 Å². The lowest BCUT2D eigenvalue weighted by Gasteiger charge is -2.04. The van der Waals surface area contributed by atoms with E-state index in [1.54, 1.807) is 31.3 Å². The number of amides is 2. The predicted octanol–water partition coefficient (Wildman–Crippen LogP) is -0.232. The largest absolute Gasteiger partial charge is 0.395 e. The van der Waals surface area contributed by atoms with E-state index in [4.69, 9.17) is 5.11 Å². The molecule has 0 heterocycles. The van der Waals surface area contributed by atoms with E-state index >= 15 is 0 Å². The summed E-state index contributed by atoms with van der Waals surface area (Å²) in [7, 11) is 1.55. The molecule has 0 bridgehead atoms. The number of nitrogens with one attached hydrogen (secondary N) is 2. The fraction of sp³-hybridized carbons (Fsp3) is 0.273. The van der Waals surface area contributed by atoms with Gasteiger partial charge in [0, 0.05) is 24.7 Å². The molecule has 3 N–H and O–H groups in total. The van der Waals surface area contributed by atoms with Crippen molar-refractivity contribution in [2.24, 2.45) is 0 Å². The number of aliphatic hydroxyl groups excluding tert-OH is 1. The highest BCUT2D eigenvalue weighted by atomic mass is 16.3. The van der Waals surface area contributed by atoms with E-state index in [1.165, 1.54) is 0 Å². The summed E-state index contributed by atoms with van der Waals surface area (Å²) >= 11 is 0. The Morgan fingerprint density at radius 1 is 1.12 bits per heavy atom. The molecule has 0 aromatic heterocycles. The van der Waals surface area contributed by atoms with Gasteiger partial charge in [-0.15, -0.1) is 0 Å². The van der Waals surface area contributed by atoms with Crippen LogP contribution >= 0.6 is 0 Å². The number of hydrogen-bond acceptors (Lipinski definition) is 3. The normalized spacial score (nSPS) is 9.62. The highest BCUT2D eigenvalue weighted by Crippen LogP contribution is 2.04. The van der Waals surface area contributed by atoms with Crippen molar-refractivity contribution < 1.29 is 14.7 Å². The van der Waals surface area contributed by atoms with E-state index in [0.29, 0.717) is 11.1 Å². The van der Waals surface area contributed by atoms with Gasteiger partial charge in [-0.3, -0.25) is 9.59 Å². The molecule has 0 aliphatic rings. The molecular weight excluding hydrogens is 208 g/mol. The Hall–Kier alpha value is -1.88. The molecule has 0 fully saturated rings. The van der Waals surface area contributed by atoms with E-state index < -0.39 is 0 Å². The van der Waals surface area contributed by atoms with Crippen molar-refractivity contribution >= 4 is 11.8 Å². The van der Waals surface area contributed by atoms with Crippen molar-refractivity contribution in [1.82, 2.24) is 10.6 Å². The van der Waals surface area contributed by atoms with Crippen LogP contribution in [0.3, 0.4) is 0 Å². The van der Waals surface area contributed by atoms with Crippen molar-refractivity contribution in [3.05, 3.63) is 35.4 Å². The monoisotopic (exact) mass is 222 g/mol. The zero-order valence-corrected chi connectivity index (χ0v) is 8.99. The number of benzene rings is 1. The molecule has 0 aliphatic heterocycles. The van der Waals surface area contributed by atoms with Crippen molar-refractivity contribution in [3.8, 4) is 0 Å². The van der Waals surface area contributed by atoms with Crippen LogP contribution in [-0.4, -0.2) is 37.1 Å². The second-order valence-corrected chi connectivity index (χ2v) is 3.14. The molecule has 0 unspecified atom stereocenters. The van der Waals surface area contributed by atoms with E-state index in [0.717, 1.165) is 0 Å². The minimum absolute atomic E-state index is 0.0952. The average Bonchev–Trinajstić information content (AvgIpc) is 2.35. The molecule has 5 heteroatoms. The smallest absolute Gasteiger partial charge is 0.251 e. The van der Waals surface area contributed by atoms with Crippen molar-refractivity contribution in [2.75, 3.05) is 20.2 Å². The minimum Gasteiger partial charge on any atom is -0.395 e. The van der Waals surface area contributed by atoms with Crippen LogP contribution in [0.2, 0.25) is 0 Å². The van der Waals surface area contributed by atoms with E-state index in [1.807, 2.05) is 0 Å². The van der Waals surface area contributed by atoms with Crippen molar-refractivity contribution in [2.45, 2.75) is 0 Å². The molecule has 0 atom stereocenters. The van der Waals surface area contributed by atoms with E-state index in [-0.39, 0.29) is 25.0 Å². The van der Waals surface area contributed by atoms with Crippen molar-refractivity contribution in [1.29, 1.82) is 0 Å². The van der Waals surface area contributed by atoms with Crippen LogP contribution in [0.1, 0.15) is 20.7 Å². The first-order valence-corrected chi connectivity index (χ1v) is 4.90. The molecule has 0 radical (unpaired) electrons. The highest BCUT2D eigenvalue weighted by Gasteiger charge is 2.06.